The number of carbonyl (C=O) groups is 2. The van der Waals surface area contributed by atoms with Gasteiger partial charge in [0.15, 0.2) is 0 Å². The third kappa shape index (κ3) is 3.68. The zero-order valence-electron chi connectivity index (χ0n) is 17.2. The van der Waals surface area contributed by atoms with E-state index in [-0.39, 0.29) is 11.8 Å². The van der Waals surface area contributed by atoms with Crippen LogP contribution < -0.4 is 5.32 Å². The Hall–Kier alpha value is -2.97. The van der Waals surface area contributed by atoms with Gasteiger partial charge in [0, 0.05) is 51.4 Å². The first kappa shape index (κ1) is 19.4. The van der Waals surface area contributed by atoms with Gasteiger partial charge in [-0.25, -0.2) is 9.97 Å². The summed E-state index contributed by atoms with van der Waals surface area (Å²) in [6.45, 7) is 6.22. The van der Waals surface area contributed by atoms with Gasteiger partial charge in [0.1, 0.15) is 11.7 Å². The van der Waals surface area contributed by atoms with E-state index in [4.69, 9.17) is 0 Å². The van der Waals surface area contributed by atoms with Gasteiger partial charge in [-0.1, -0.05) is 0 Å². The zero-order chi connectivity index (χ0) is 20.5. The van der Waals surface area contributed by atoms with Crippen LogP contribution in [0.4, 0.5) is 5.95 Å². The number of hydrogen-bond donors (Lipinski definition) is 1. The largest absolute Gasteiger partial charge is 0.357 e. The minimum absolute atomic E-state index is 0.0176. The fourth-order valence-electron chi connectivity index (χ4n) is 3.98. The molecule has 9 nitrogen and oxygen atoms in total. The molecule has 0 spiro atoms. The lowest BCUT2D eigenvalue weighted by atomic mass is 10.0. The Morgan fingerprint density at radius 1 is 1.14 bits per heavy atom. The summed E-state index contributed by atoms with van der Waals surface area (Å²) in [5.74, 6) is 0.366. The molecule has 0 aromatic carbocycles. The number of anilines is 1. The van der Waals surface area contributed by atoms with E-state index in [1.165, 1.54) is 0 Å². The van der Waals surface area contributed by atoms with Gasteiger partial charge in [-0.15, -0.1) is 0 Å². The van der Waals surface area contributed by atoms with Gasteiger partial charge in [0.05, 0.1) is 11.9 Å². The number of nitrogens with zero attached hydrogens (tertiary/aromatic N) is 6. The standard InChI is InChI=1S/C20H27N7O2/c1-13-10-22-27(11-13)14(2)18(28)26-9-6-16-15(12-26)17(24-20(21-3)23-16)19(29)25-7-4-5-8-25/h10-11,14H,4-9,12H2,1-3H3,(H,21,23,24). The van der Waals surface area contributed by atoms with Crippen molar-refractivity contribution in [3.8, 4) is 0 Å². The fraction of sp³-hybridized carbons (Fsp3) is 0.550. The SMILES string of the molecule is CNc1nc2c(c(C(=O)N3CCCC3)n1)CN(C(=O)C(C)n1cc(C)cn1)CC2. The van der Waals surface area contributed by atoms with Crippen molar-refractivity contribution in [2.75, 3.05) is 32.0 Å². The molecule has 9 heteroatoms. The van der Waals surface area contributed by atoms with Crippen molar-refractivity contribution in [2.24, 2.45) is 0 Å². The summed E-state index contributed by atoms with van der Waals surface area (Å²) in [4.78, 5) is 38.9. The number of amides is 2. The van der Waals surface area contributed by atoms with E-state index in [1.54, 1.807) is 22.8 Å². The molecule has 0 aliphatic carbocycles. The highest BCUT2D eigenvalue weighted by atomic mass is 16.2. The van der Waals surface area contributed by atoms with Gasteiger partial charge in [0.2, 0.25) is 11.9 Å². The number of nitrogens with one attached hydrogen (secondary N) is 1. The predicted molar refractivity (Wildman–Crippen MR) is 108 cm³/mol. The number of fused-ring (bicyclic) bond motifs is 1. The molecule has 4 heterocycles. The lowest BCUT2D eigenvalue weighted by Crippen LogP contribution is -2.42. The molecule has 0 saturated carbocycles. The summed E-state index contributed by atoms with van der Waals surface area (Å²) >= 11 is 0. The highest BCUT2D eigenvalue weighted by molar-refractivity contribution is 5.94. The average Bonchev–Trinajstić information content (AvgIpc) is 3.43. The maximum Gasteiger partial charge on any atom is 0.273 e. The van der Waals surface area contributed by atoms with Crippen molar-refractivity contribution in [3.63, 3.8) is 0 Å². The van der Waals surface area contributed by atoms with Gasteiger partial charge in [-0.05, 0) is 32.3 Å². The van der Waals surface area contributed by atoms with Gasteiger partial charge in [-0.2, -0.15) is 5.10 Å². The predicted octanol–water partition coefficient (Wildman–Crippen LogP) is 1.41. The van der Waals surface area contributed by atoms with E-state index in [0.29, 0.717) is 31.2 Å². The first-order valence-corrected chi connectivity index (χ1v) is 10.1. The normalized spacial score (nSPS) is 17.2. The molecule has 2 aliphatic heterocycles. The van der Waals surface area contributed by atoms with Crippen molar-refractivity contribution >= 4 is 17.8 Å². The molecule has 2 amide bonds. The molecule has 4 rings (SSSR count). The molecule has 1 N–H and O–H groups in total. The zero-order valence-corrected chi connectivity index (χ0v) is 17.2. The molecule has 0 bridgehead atoms. The van der Waals surface area contributed by atoms with Crippen LogP contribution in [-0.4, -0.2) is 68.0 Å². The maximum atomic E-state index is 13.1. The molecule has 2 aromatic heterocycles. The van der Waals surface area contributed by atoms with E-state index >= 15 is 0 Å². The van der Waals surface area contributed by atoms with E-state index in [9.17, 15) is 9.59 Å². The number of likely N-dealkylation sites (tertiary alicyclic amines) is 1. The Bertz CT molecular complexity index is 933. The molecule has 1 unspecified atom stereocenters. The monoisotopic (exact) mass is 397 g/mol. The molecular weight excluding hydrogens is 370 g/mol. The van der Waals surface area contributed by atoms with Crippen molar-refractivity contribution in [3.05, 3.63) is 34.9 Å². The molecule has 29 heavy (non-hydrogen) atoms. The van der Waals surface area contributed by atoms with Crippen molar-refractivity contribution in [1.82, 2.24) is 29.5 Å². The molecule has 2 aliphatic rings. The third-order valence-corrected chi connectivity index (χ3v) is 5.68. The van der Waals surface area contributed by atoms with Crippen LogP contribution in [-0.2, 0) is 17.8 Å². The van der Waals surface area contributed by atoms with Gasteiger partial charge >= 0.3 is 0 Å². The van der Waals surface area contributed by atoms with E-state index in [0.717, 1.165) is 42.8 Å². The second-order valence-electron chi connectivity index (χ2n) is 7.75. The number of hydrogen-bond acceptors (Lipinski definition) is 6. The van der Waals surface area contributed by atoms with E-state index in [1.807, 2.05) is 24.9 Å². The maximum absolute atomic E-state index is 13.1. The molecule has 0 radical (unpaired) electrons. The summed E-state index contributed by atoms with van der Waals surface area (Å²) < 4.78 is 1.68. The van der Waals surface area contributed by atoms with Crippen LogP contribution in [0.3, 0.4) is 0 Å². The van der Waals surface area contributed by atoms with Crippen molar-refractivity contribution in [1.29, 1.82) is 0 Å². The second-order valence-corrected chi connectivity index (χ2v) is 7.75. The van der Waals surface area contributed by atoms with Crippen molar-refractivity contribution < 1.29 is 9.59 Å². The van der Waals surface area contributed by atoms with Crippen LogP contribution in [0.15, 0.2) is 12.4 Å². The smallest absolute Gasteiger partial charge is 0.273 e. The average molecular weight is 397 g/mol. The molecular formula is C20H27N7O2. The summed E-state index contributed by atoms with van der Waals surface area (Å²) in [5, 5.41) is 7.23. The van der Waals surface area contributed by atoms with E-state index < -0.39 is 6.04 Å². The first-order valence-electron chi connectivity index (χ1n) is 10.1. The summed E-state index contributed by atoms with van der Waals surface area (Å²) in [7, 11) is 1.75. The molecule has 2 aromatic rings. The summed E-state index contributed by atoms with van der Waals surface area (Å²) in [6, 6.07) is -0.402. The van der Waals surface area contributed by atoms with Gasteiger partial charge in [0.25, 0.3) is 5.91 Å². The Balaban J connectivity index is 1.62. The van der Waals surface area contributed by atoms with Crippen LogP contribution in [0.5, 0.6) is 0 Å². The summed E-state index contributed by atoms with van der Waals surface area (Å²) in [5.41, 5.74) is 3.05. The Labute approximate surface area is 170 Å². The van der Waals surface area contributed by atoms with E-state index in [2.05, 4.69) is 20.4 Å². The van der Waals surface area contributed by atoms with Crippen LogP contribution in [0.1, 0.15) is 53.1 Å². The Kier molecular flexibility index (Phi) is 5.21. The minimum Gasteiger partial charge on any atom is -0.357 e. The molecule has 154 valence electrons. The molecule has 1 fully saturated rings. The fourth-order valence-corrected chi connectivity index (χ4v) is 3.98. The minimum atomic E-state index is -0.402. The Morgan fingerprint density at radius 2 is 1.90 bits per heavy atom. The highest BCUT2D eigenvalue weighted by Gasteiger charge is 2.32. The highest BCUT2D eigenvalue weighted by Crippen LogP contribution is 2.25. The quantitative estimate of drug-likeness (QED) is 0.838. The van der Waals surface area contributed by atoms with Crippen molar-refractivity contribution in [2.45, 2.75) is 45.7 Å². The number of carbonyl (C=O) groups excluding carboxylic acids is 2. The number of rotatable bonds is 4. The topological polar surface area (TPSA) is 96.3 Å². The van der Waals surface area contributed by atoms with Gasteiger partial charge < -0.3 is 15.1 Å². The first-order chi connectivity index (χ1) is 14.0. The van der Waals surface area contributed by atoms with Crippen LogP contribution in [0, 0.1) is 6.92 Å². The second kappa shape index (κ2) is 7.81. The molecule has 1 atom stereocenters. The molecule has 1 saturated heterocycles. The number of aryl methyl sites for hydroxylation is 1. The van der Waals surface area contributed by atoms with Crippen LogP contribution in [0.25, 0.3) is 0 Å². The Morgan fingerprint density at radius 3 is 2.55 bits per heavy atom. The lowest BCUT2D eigenvalue weighted by molar-refractivity contribution is -0.135. The third-order valence-electron chi connectivity index (χ3n) is 5.68. The van der Waals surface area contributed by atoms with Gasteiger partial charge in [-0.3, -0.25) is 14.3 Å². The van der Waals surface area contributed by atoms with Crippen LogP contribution in [0.2, 0.25) is 0 Å². The summed E-state index contributed by atoms with van der Waals surface area (Å²) in [6.07, 6.45) is 6.25. The lowest BCUT2D eigenvalue weighted by Gasteiger charge is -2.31. The number of aromatic nitrogens is 4. The van der Waals surface area contributed by atoms with Crippen LogP contribution >= 0.6 is 0 Å².